The van der Waals surface area contributed by atoms with Crippen LogP contribution in [0.1, 0.15) is 12.5 Å². The lowest BCUT2D eigenvalue weighted by Crippen LogP contribution is -2.33. The van der Waals surface area contributed by atoms with Crippen LogP contribution in [-0.4, -0.2) is 42.9 Å². The molecule has 1 aromatic carbocycles. The smallest absolute Gasteiger partial charge is 0.412 e. The van der Waals surface area contributed by atoms with Gasteiger partial charge in [-0.15, -0.1) is 0 Å². The lowest BCUT2D eigenvalue weighted by molar-refractivity contribution is -0.153. The van der Waals surface area contributed by atoms with Gasteiger partial charge in [0.05, 0.1) is 13.2 Å². The fraction of sp³-hybridized carbons (Fsp3) is 0.429. The Kier molecular flexibility index (Phi) is 4.95. The molecular weight excluding hydrogens is 262 g/mol. The van der Waals surface area contributed by atoms with Crippen LogP contribution in [0, 0.1) is 0 Å². The lowest BCUT2D eigenvalue weighted by Gasteiger charge is -2.14. The van der Waals surface area contributed by atoms with E-state index in [1.54, 1.807) is 6.92 Å². The number of amides is 1. The number of hydrogen-bond acceptors (Lipinski definition) is 5. The van der Waals surface area contributed by atoms with Crippen molar-refractivity contribution in [2.75, 3.05) is 19.9 Å². The van der Waals surface area contributed by atoms with E-state index in [1.165, 1.54) is 4.90 Å². The average Bonchev–Trinajstić information content (AvgIpc) is 2.96. The number of esters is 1. The predicted octanol–water partition coefficient (Wildman–Crippen LogP) is 1.54. The Balaban J connectivity index is 1.78. The van der Waals surface area contributed by atoms with E-state index >= 15 is 0 Å². The predicted molar refractivity (Wildman–Crippen MR) is 69.7 cm³/mol. The lowest BCUT2D eigenvalue weighted by atomic mass is 10.2. The molecular formula is C14H17NO5. The first-order valence-electron chi connectivity index (χ1n) is 6.44. The highest BCUT2D eigenvalue weighted by atomic mass is 16.6. The summed E-state index contributed by atoms with van der Waals surface area (Å²) in [7, 11) is 0. The van der Waals surface area contributed by atoms with E-state index in [1.807, 2.05) is 30.3 Å². The number of benzene rings is 1. The van der Waals surface area contributed by atoms with Gasteiger partial charge in [0.15, 0.2) is 6.10 Å². The molecule has 0 saturated carbocycles. The maximum absolute atomic E-state index is 11.8. The first-order chi connectivity index (χ1) is 9.70. The summed E-state index contributed by atoms with van der Waals surface area (Å²) < 4.78 is 15.2. The minimum absolute atomic E-state index is 0.0388. The van der Waals surface area contributed by atoms with Crippen LogP contribution in [0.4, 0.5) is 4.79 Å². The summed E-state index contributed by atoms with van der Waals surface area (Å²) in [5, 5.41) is 0. The van der Waals surface area contributed by atoms with Gasteiger partial charge in [-0.3, -0.25) is 4.90 Å². The van der Waals surface area contributed by atoms with Gasteiger partial charge in [0.2, 0.25) is 0 Å². The van der Waals surface area contributed by atoms with Gasteiger partial charge in [0, 0.05) is 0 Å². The SMILES string of the molecule is CCOC(=O)C1CN(C(=O)OCc2ccccc2)CO1. The highest BCUT2D eigenvalue weighted by molar-refractivity contribution is 5.77. The summed E-state index contributed by atoms with van der Waals surface area (Å²) in [4.78, 5) is 24.6. The number of rotatable bonds is 4. The molecule has 2 rings (SSSR count). The highest BCUT2D eigenvalue weighted by Gasteiger charge is 2.33. The standard InChI is InChI=1S/C14H17NO5/c1-2-18-13(16)12-8-15(10-20-12)14(17)19-9-11-6-4-3-5-7-11/h3-7,12H,2,8-10H2,1H3. The van der Waals surface area contributed by atoms with Crippen molar-refractivity contribution in [1.29, 1.82) is 0 Å². The summed E-state index contributed by atoms with van der Waals surface area (Å²) in [6.45, 7) is 2.40. The maximum atomic E-state index is 11.8. The average molecular weight is 279 g/mol. The zero-order valence-electron chi connectivity index (χ0n) is 11.3. The molecule has 0 N–H and O–H groups in total. The van der Waals surface area contributed by atoms with Crippen LogP contribution in [0.3, 0.4) is 0 Å². The molecule has 1 aromatic rings. The Morgan fingerprint density at radius 3 is 2.75 bits per heavy atom. The Morgan fingerprint density at radius 2 is 2.05 bits per heavy atom. The van der Waals surface area contributed by atoms with Crippen molar-refractivity contribution in [2.24, 2.45) is 0 Å². The van der Waals surface area contributed by atoms with Gasteiger partial charge in [-0.2, -0.15) is 0 Å². The van der Waals surface area contributed by atoms with E-state index in [2.05, 4.69) is 0 Å². The van der Waals surface area contributed by atoms with Gasteiger partial charge in [-0.1, -0.05) is 30.3 Å². The van der Waals surface area contributed by atoms with E-state index in [9.17, 15) is 9.59 Å². The molecule has 20 heavy (non-hydrogen) atoms. The van der Waals surface area contributed by atoms with E-state index < -0.39 is 18.2 Å². The topological polar surface area (TPSA) is 65.1 Å². The second-order valence-electron chi connectivity index (χ2n) is 4.30. The molecule has 1 saturated heterocycles. The minimum Gasteiger partial charge on any atom is -0.464 e. The fourth-order valence-corrected chi connectivity index (χ4v) is 1.80. The number of carbonyl (C=O) groups is 2. The van der Waals surface area contributed by atoms with Crippen LogP contribution in [0.15, 0.2) is 30.3 Å². The Bertz CT molecular complexity index is 462. The molecule has 1 amide bonds. The molecule has 0 bridgehead atoms. The van der Waals surface area contributed by atoms with Crippen LogP contribution >= 0.6 is 0 Å². The molecule has 1 heterocycles. The summed E-state index contributed by atoms with van der Waals surface area (Å²) in [5.74, 6) is -0.453. The molecule has 1 fully saturated rings. The second-order valence-corrected chi connectivity index (χ2v) is 4.30. The van der Waals surface area contributed by atoms with Gasteiger partial charge in [0.25, 0.3) is 0 Å². The van der Waals surface area contributed by atoms with Crippen molar-refractivity contribution < 1.29 is 23.8 Å². The van der Waals surface area contributed by atoms with Crippen LogP contribution < -0.4 is 0 Å². The van der Waals surface area contributed by atoms with Gasteiger partial charge in [0.1, 0.15) is 13.3 Å². The molecule has 6 heteroatoms. The summed E-state index contributed by atoms with van der Waals surface area (Å²) in [6.07, 6.45) is -1.22. The molecule has 1 aliphatic heterocycles. The van der Waals surface area contributed by atoms with Crippen LogP contribution in [-0.2, 0) is 25.6 Å². The van der Waals surface area contributed by atoms with Crippen LogP contribution in [0.25, 0.3) is 0 Å². The Labute approximate surface area is 117 Å². The third-order valence-electron chi connectivity index (χ3n) is 2.83. The van der Waals surface area contributed by atoms with Crippen molar-refractivity contribution in [3.8, 4) is 0 Å². The monoisotopic (exact) mass is 279 g/mol. The van der Waals surface area contributed by atoms with Crippen molar-refractivity contribution in [1.82, 2.24) is 4.90 Å². The van der Waals surface area contributed by atoms with Gasteiger partial charge in [-0.05, 0) is 12.5 Å². The van der Waals surface area contributed by atoms with Crippen molar-refractivity contribution >= 4 is 12.1 Å². The number of carbonyl (C=O) groups excluding carboxylic acids is 2. The van der Waals surface area contributed by atoms with Crippen LogP contribution in [0.2, 0.25) is 0 Å². The Hall–Kier alpha value is -2.08. The minimum atomic E-state index is -0.723. The Morgan fingerprint density at radius 1 is 1.30 bits per heavy atom. The molecule has 0 aromatic heterocycles. The number of ether oxygens (including phenoxy) is 3. The third kappa shape index (κ3) is 3.71. The maximum Gasteiger partial charge on any atom is 0.412 e. The number of hydrogen-bond donors (Lipinski definition) is 0. The molecule has 108 valence electrons. The van der Waals surface area contributed by atoms with E-state index in [-0.39, 0.29) is 26.5 Å². The molecule has 0 radical (unpaired) electrons. The largest absolute Gasteiger partial charge is 0.464 e. The molecule has 0 spiro atoms. The third-order valence-corrected chi connectivity index (χ3v) is 2.83. The van der Waals surface area contributed by atoms with E-state index in [0.29, 0.717) is 0 Å². The van der Waals surface area contributed by atoms with Crippen molar-refractivity contribution in [3.05, 3.63) is 35.9 Å². The zero-order chi connectivity index (χ0) is 14.4. The second kappa shape index (κ2) is 6.91. The zero-order valence-corrected chi connectivity index (χ0v) is 11.3. The number of nitrogens with zero attached hydrogens (tertiary/aromatic N) is 1. The highest BCUT2D eigenvalue weighted by Crippen LogP contribution is 2.12. The molecule has 1 atom stereocenters. The molecule has 0 aliphatic carbocycles. The van der Waals surface area contributed by atoms with Gasteiger partial charge >= 0.3 is 12.1 Å². The molecule has 1 unspecified atom stereocenters. The van der Waals surface area contributed by atoms with Gasteiger partial charge in [-0.25, -0.2) is 9.59 Å². The summed E-state index contributed by atoms with van der Waals surface area (Å²) >= 11 is 0. The van der Waals surface area contributed by atoms with Gasteiger partial charge < -0.3 is 14.2 Å². The van der Waals surface area contributed by atoms with Crippen molar-refractivity contribution in [3.63, 3.8) is 0 Å². The normalized spacial score (nSPS) is 17.9. The van der Waals surface area contributed by atoms with Crippen LogP contribution in [0.5, 0.6) is 0 Å². The molecule has 1 aliphatic rings. The quantitative estimate of drug-likeness (QED) is 0.782. The fourth-order valence-electron chi connectivity index (χ4n) is 1.80. The molecule has 6 nitrogen and oxygen atoms in total. The summed E-state index contributed by atoms with van der Waals surface area (Å²) in [5.41, 5.74) is 0.905. The van der Waals surface area contributed by atoms with E-state index in [0.717, 1.165) is 5.56 Å². The first-order valence-corrected chi connectivity index (χ1v) is 6.44. The van der Waals surface area contributed by atoms with Crippen molar-refractivity contribution in [2.45, 2.75) is 19.6 Å². The first kappa shape index (κ1) is 14.3. The summed E-state index contributed by atoms with van der Waals surface area (Å²) in [6, 6.07) is 9.38. The van der Waals surface area contributed by atoms with E-state index in [4.69, 9.17) is 14.2 Å².